The van der Waals surface area contributed by atoms with E-state index in [0.29, 0.717) is 24.7 Å². The lowest BCUT2D eigenvalue weighted by Gasteiger charge is -2.29. The number of hydrogen-bond acceptors (Lipinski definition) is 2. The van der Waals surface area contributed by atoms with Crippen LogP contribution in [0.15, 0.2) is 24.3 Å². The van der Waals surface area contributed by atoms with Crippen LogP contribution in [0, 0.1) is 18.2 Å². The summed E-state index contributed by atoms with van der Waals surface area (Å²) in [6.45, 7) is 0.909. The van der Waals surface area contributed by atoms with E-state index in [2.05, 4.69) is 10.8 Å². The highest BCUT2D eigenvalue weighted by Crippen LogP contribution is 2.26. The summed E-state index contributed by atoms with van der Waals surface area (Å²) in [6.07, 6.45) is 9.22. The molecule has 1 aromatic carbocycles. The summed E-state index contributed by atoms with van der Waals surface area (Å²) in [7, 11) is 0. The topological polar surface area (TPSA) is 23.5 Å². The highest BCUT2D eigenvalue weighted by Gasteiger charge is 2.25. The summed E-state index contributed by atoms with van der Waals surface area (Å²) in [5, 5.41) is 10.2. The summed E-state index contributed by atoms with van der Waals surface area (Å²) in [4.78, 5) is 2.10. The van der Waals surface area contributed by atoms with Crippen LogP contribution in [0.1, 0.15) is 37.4 Å². The molecule has 0 radical (unpaired) electrons. The van der Waals surface area contributed by atoms with Crippen LogP contribution in [0.3, 0.4) is 0 Å². The summed E-state index contributed by atoms with van der Waals surface area (Å²) >= 11 is 0. The minimum absolute atomic E-state index is 0.350. The van der Waals surface area contributed by atoms with Crippen molar-refractivity contribution in [3.63, 3.8) is 0 Å². The van der Waals surface area contributed by atoms with Gasteiger partial charge in [0.25, 0.3) is 0 Å². The van der Waals surface area contributed by atoms with Crippen LogP contribution in [0.2, 0.25) is 0 Å². The van der Waals surface area contributed by atoms with E-state index in [-0.39, 0.29) is 5.82 Å². The van der Waals surface area contributed by atoms with Crippen LogP contribution in [-0.4, -0.2) is 29.1 Å². The number of nitrogens with zero attached hydrogens (tertiary/aromatic N) is 1. The highest BCUT2D eigenvalue weighted by atomic mass is 19.1. The molecule has 1 aliphatic rings. The molecule has 1 fully saturated rings. The molecular weight excluding hydrogens is 241 g/mol. The van der Waals surface area contributed by atoms with Crippen molar-refractivity contribution in [2.45, 2.75) is 37.8 Å². The Kier molecular flexibility index (Phi) is 4.95. The van der Waals surface area contributed by atoms with Crippen molar-refractivity contribution in [1.29, 1.82) is 0 Å². The van der Waals surface area contributed by atoms with Crippen LogP contribution < -0.4 is 0 Å². The molecule has 1 N–H and O–H groups in total. The molecule has 2 nitrogen and oxygen atoms in total. The molecule has 0 amide bonds. The van der Waals surface area contributed by atoms with Crippen molar-refractivity contribution in [3.8, 4) is 12.3 Å². The number of terminal acetylenes is 1. The zero-order valence-corrected chi connectivity index (χ0v) is 11.1. The van der Waals surface area contributed by atoms with Crippen molar-refractivity contribution in [1.82, 2.24) is 4.90 Å². The normalized spacial score (nSPS) is 17.6. The van der Waals surface area contributed by atoms with Gasteiger partial charge in [-0.05, 0) is 18.9 Å². The fourth-order valence-electron chi connectivity index (χ4n) is 2.80. The van der Waals surface area contributed by atoms with Crippen molar-refractivity contribution in [3.05, 3.63) is 35.6 Å². The van der Waals surface area contributed by atoms with Crippen LogP contribution in [0.5, 0.6) is 0 Å². The first-order chi connectivity index (χ1) is 9.22. The number of rotatable bonds is 5. The quantitative estimate of drug-likeness (QED) is 0.824. The van der Waals surface area contributed by atoms with Crippen LogP contribution in [0.4, 0.5) is 4.39 Å². The molecule has 0 aromatic heterocycles. The molecule has 1 unspecified atom stereocenters. The molecule has 1 atom stereocenters. The molecule has 19 heavy (non-hydrogen) atoms. The third kappa shape index (κ3) is 3.56. The maximum atomic E-state index is 13.6. The van der Waals surface area contributed by atoms with Gasteiger partial charge in [-0.25, -0.2) is 4.39 Å². The average molecular weight is 261 g/mol. The predicted octanol–water partition coefficient (Wildman–Crippen LogP) is 2.74. The summed E-state index contributed by atoms with van der Waals surface area (Å²) < 4.78 is 13.6. The zero-order chi connectivity index (χ0) is 13.7. The van der Waals surface area contributed by atoms with Gasteiger partial charge in [0.05, 0.1) is 12.6 Å². The lowest BCUT2D eigenvalue weighted by Crippen LogP contribution is -2.37. The molecule has 102 valence electrons. The van der Waals surface area contributed by atoms with Crippen molar-refractivity contribution < 1.29 is 9.50 Å². The van der Waals surface area contributed by atoms with Gasteiger partial charge in [-0.15, -0.1) is 6.42 Å². The summed E-state index contributed by atoms with van der Waals surface area (Å²) in [5.41, 5.74) is 0.350. The fourth-order valence-corrected chi connectivity index (χ4v) is 2.80. The zero-order valence-electron chi connectivity index (χ0n) is 11.1. The number of aliphatic hydroxyl groups excluding tert-OH is 1. The second kappa shape index (κ2) is 6.70. The predicted molar refractivity (Wildman–Crippen MR) is 74.0 cm³/mol. The fraction of sp³-hybridized carbons (Fsp3) is 0.500. The lowest BCUT2D eigenvalue weighted by atomic mass is 10.1. The van der Waals surface area contributed by atoms with Gasteiger partial charge >= 0.3 is 0 Å². The molecule has 3 heteroatoms. The second-order valence-corrected chi connectivity index (χ2v) is 5.11. The van der Waals surface area contributed by atoms with Crippen LogP contribution in [-0.2, 0) is 0 Å². The Morgan fingerprint density at radius 2 is 2.05 bits per heavy atom. The van der Waals surface area contributed by atoms with E-state index in [4.69, 9.17) is 6.42 Å². The van der Waals surface area contributed by atoms with Crippen molar-refractivity contribution in [2.75, 3.05) is 13.1 Å². The summed E-state index contributed by atoms with van der Waals surface area (Å²) in [6, 6.07) is 6.80. The molecule has 1 saturated carbocycles. The Balaban J connectivity index is 2.04. The number of aliphatic hydroxyl groups is 1. The monoisotopic (exact) mass is 261 g/mol. The average Bonchev–Trinajstić information content (AvgIpc) is 2.92. The Bertz CT molecular complexity index is 448. The number of hydrogen-bond donors (Lipinski definition) is 1. The Hall–Kier alpha value is -1.37. The third-order valence-electron chi connectivity index (χ3n) is 3.81. The lowest BCUT2D eigenvalue weighted by molar-refractivity contribution is 0.0945. The van der Waals surface area contributed by atoms with Gasteiger partial charge in [-0.3, -0.25) is 4.90 Å². The first-order valence-electron chi connectivity index (χ1n) is 6.82. The smallest absolute Gasteiger partial charge is 0.129 e. The molecule has 0 aliphatic heterocycles. The molecule has 0 spiro atoms. The Morgan fingerprint density at radius 3 is 2.68 bits per heavy atom. The highest BCUT2D eigenvalue weighted by molar-refractivity contribution is 5.20. The van der Waals surface area contributed by atoms with E-state index in [1.54, 1.807) is 18.2 Å². The van der Waals surface area contributed by atoms with Crippen molar-refractivity contribution in [2.24, 2.45) is 0 Å². The van der Waals surface area contributed by atoms with E-state index in [0.717, 1.165) is 12.8 Å². The Labute approximate surface area is 114 Å². The first kappa shape index (κ1) is 14.0. The van der Waals surface area contributed by atoms with Crippen molar-refractivity contribution >= 4 is 0 Å². The molecule has 0 bridgehead atoms. The van der Waals surface area contributed by atoms with Gasteiger partial charge in [0.15, 0.2) is 0 Å². The SMILES string of the molecule is C#CCN(CC(O)c1ccccc1F)C1CCCC1. The maximum absolute atomic E-state index is 13.6. The minimum atomic E-state index is -0.824. The molecule has 0 saturated heterocycles. The number of benzene rings is 1. The third-order valence-corrected chi connectivity index (χ3v) is 3.81. The van der Waals surface area contributed by atoms with Gasteiger partial charge in [0.1, 0.15) is 5.82 Å². The van der Waals surface area contributed by atoms with E-state index >= 15 is 0 Å². The summed E-state index contributed by atoms with van der Waals surface area (Å²) in [5.74, 6) is 2.28. The molecule has 1 aliphatic carbocycles. The largest absolute Gasteiger partial charge is 0.387 e. The van der Waals surface area contributed by atoms with E-state index in [1.807, 2.05) is 0 Å². The maximum Gasteiger partial charge on any atom is 0.129 e. The van der Waals surface area contributed by atoms with Crippen LogP contribution in [0.25, 0.3) is 0 Å². The number of halogens is 1. The van der Waals surface area contributed by atoms with Gasteiger partial charge in [-0.1, -0.05) is 37.0 Å². The first-order valence-corrected chi connectivity index (χ1v) is 6.82. The van der Waals surface area contributed by atoms with E-state index in [9.17, 15) is 9.50 Å². The molecule has 1 aromatic rings. The van der Waals surface area contributed by atoms with E-state index in [1.165, 1.54) is 18.9 Å². The van der Waals surface area contributed by atoms with Gasteiger partial charge in [0, 0.05) is 18.2 Å². The molecular formula is C16H20FNO. The van der Waals surface area contributed by atoms with Gasteiger partial charge < -0.3 is 5.11 Å². The Morgan fingerprint density at radius 1 is 1.37 bits per heavy atom. The van der Waals surface area contributed by atoms with Gasteiger partial charge in [0.2, 0.25) is 0 Å². The second-order valence-electron chi connectivity index (χ2n) is 5.11. The van der Waals surface area contributed by atoms with E-state index < -0.39 is 6.10 Å². The molecule has 2 rings (SSSR count). The standard InChI is InChI=1S/C16H20FNO/c1-2-11-18(13-7-3-4-8-13)12-16(19)14-9-5-6-10-15(14)17/h1,5-6,9-10,13,16,19H,3-4,7-8,11-12H2. The minimum Gasteiger partial charge on any atom is -0.387 e. The van der Waals surface area contributed by atoms with Gasteiger partial charge in [-0.2, -0.15) is 0 Å². The van der Waals surface area contributed by atoms with Crippen LogP contribution >= 0.6 is 0 Å². The molecule has 0 heterocycles.